The van der Waals surface area contributed by atoms with Crippen molar-refractivity contribution in [2.45, 2.75) is 33.2 Å². The highest BCUT2D eigenvalue weighted by molar-refractivity contribution is 7.08. The lowest BCUT2D eigenvalue weighted by Gasteiger charge is -2.28. The molecule has 8 heteroatoms. The lowest BCUT2D eigenvalue weighted by molar-refractivity contribution is -0.118. The summed E-state index contributed by atoms with van der Waals surface area (Å²) in [6.07, 6.45) is 1.75. The van der Waals surface area contributed by atoms with Crippen LogP contribution in [-0.2, 0) is 14.3 Å². The van der Waals surface area contributed by atoms with Gasteiger partial charge in [0.1, 0.15) is 12.6 Å². The van der Waals surface area contributed by atoms with E-state index in [2.05, 4.69) is 10.4 Å². The first kappa shape index (κ1) is 25.6. The highest BCUT2D eigenvalue weighted by Crippen LogP contribution is 2.44. The number of methoxy groups -OCH3 is 1. The number of ether oxygens (including phenoxy) is 2. The molecule has 188 valence electrons. The summed E-state index contributed by atoms with van der Waals surface area (Å²) in [5.74, 6) is -1.18. The van der Waals surface area contributed by atoms with Crippen LogP contribution in [0.15, 0.2) is 70.8 Å². The van der Waals surface area contributed by atoms with Crippen LogP contribution >= 0.6 is 11.3 Å². The number of pyridine rings is 1. The number of aromatic nitrogens is 1. The molecule has 0 saturated heterocycles. The molecule has 3 heterocycles. The Balaban J connectivity index is 1.80. The largest absolute Gasteiger partial charge is 0.503 e. The molecule has 36 heavy (non-hydrogen) atoms. The van der Waals surface area contributed by atoms with Gasteiger partial charge < -0.3 is 14.6 Å². The normalized spacial score (nSPS) is 16.1. The number of aliphatic hydroxyl groups is 1. The molecule has 1 aliphatic heterocycles. The number of carbonyl (C=O) groups excluding carboxylic acids is 2. The molecule has 4 rings (SSSR count). The van der Waals surface area contributed by atoms with Gasteiger partial charge in [0, 0.05) is 31.0 Å². The molecular formula is C28H30N2O5S. The van der Waals surface area contributed by atoms with E-state index in [0.717, 1.165) is 11.1 Å². The number of hydrogen-bond donors (Lipinski definition) is 1. The molecule has 7 nitrogen and oxygen atoms in total. The number of hydrogen-bond acceptors (Lipinski definition) is 7. The molecule has 1 aliphatic rings. The summed E-state index contributed by atoms with van der Waals surface area (Å²) in [4.78, 5) is 32.7. The van der Waals surface area contributed by atoms with Crippen molar-refractivity contribution in [2.24, 2.45) is 5.41 Å². The van der Waals surface area contributed by atoms with Crippen LogP contribution in [0.3, 0.4) is 0 Å². The van der Waals surface area contributed by atoms with Gasteiger partial charge >= 0.3 is 0 Å². The third kappa shape index (κ3) is 5.34. The summed E-state index contributed by atoms with van der Waals surface area (Å²) in [6.45, 7) is 6.43. The Bertz CT molecular complexity index is 1260. The molecule has 0 spiro atoms. The van der Waals surface area contributed by atoms with Crippen molar-refractivity contribution in [3.8, 4) is 17.0 Å². The van der Waals surface area contributed by atoms with Crippen LogP contribution in [0.1, 0.15) is 38.8 Å². The van der Waals surface area contributed by atoms with E-state index >= 15 is 0 Å². The van der Waals surface area contributed by atoms with Crippen molar-refractivity contribution in [3.63, 3.8) is 0 Å². The zero-order valence-corrected chi connectivity index (χ0v) is 21.7. The van der Waals surface area contributed by atoms with E-state index < -0.39 is 17.7 Å². The minimum absolute atomic E-state index is 0.0569. The number of Topliss-reactive ketones (excluding diaryl/α,β-unsaturated/α-hetero) is 1. The maximum absolute atomic E-state index is 13.5. The van der Waals surface area contributed by atoms with Gasteiger partial charge in [-0.2, -0.15) is 11.3 Å². The molecule has 3 aromatic rings. The van der Waals surface area contributed by atoms with Gasteiger partial charge in [-0.05, 0) is 57.6 Å². The van der Waals surface area contributed by atoms with E-state index in [0.29, 0.717) is 17.9 Å². The van der Waals surface area contributed by atoms with Crippen molar-refractivity contribution in [3.05, 3.63) is 76.3 Å². The smallest absolute Gasteiger partial charge is 0.294 e. The molecule has 1 atom stereocenters. The van der Waals surface area contributed by atoms with Gasteiger partial charge in [-0.25, -0.2) is 4.98 Å². The Morgan fingerprint density at radius 2 is 1.86 bits per heavy atom. The average Bonchev–Trinajstić information content (AvgIpc) is 3.46. The monoisotopic (exact) mass is 506 g/mol. The lowest BCUT2D eigenvalue weighted by atomic mass is 9.85. The van der Waals surface area contributed by atoms with Crippen molar-refractivity contribution in [1.82, 2.24) is 4.98 Å². The van der Waals surface area contributed by atoms with Crippen LogP contribution in [0.25, 0.3) is 11.1 Å². The van der Waals surface area contributed by atoms with Crippen molar-refractivity contribution in [1.29, 1.82) is 0 Å². The summed E-state index contributed by atoms with van der Waals surface area (Å²) in [7, 11) is 1.57. The first-order chi connectivity index (χ1) is 17.2. The van der Waals surface area contributed by atoms with Gasteiger partial charge in [-0.3, -0.25) is 14.5 Å². The Morgan fingerprint density at radius 3 is 2.50 bits per heavy atom. The average molecular weight is 507 g/mol. The molecule has 1 aromatic carbocycles. The first-order valence-corrected chi connectivity index (χ1v) is 12.6. The molecule has 1 N–H and O–H groups in total. The summed E-state index contributed by atoms with van der Waals surface area (Å²) in [5, 5.41) is 15.0. The van der Waals surface area contributed by atoms with Gasteiger partial charge in [0.25, 0.3) is 5.91 Å². The van der Waals surface area contributed by atoms with E-state index in [1.54, 1.807) is 36.8 Å². The molecule has 0 bridgehead atoms. The summed E-state index contributed by atoms with van der Waals surface area (Å²) in [5.41, 5.74) is 2.89. The fourth-order valence-electron chi connectivity index (χ4n) is 4.22. The molecule has 0 saturated carbocycles. The molecule has 1 amide bonds. The number of aliphatic hydroxyl groups excluding tert-OH is 1. The highest BCUT2D eigenvalue weighted by atomic mass is 32.1. The second-order valence-electron chi connectivity index (χ2n) is 9.80. The molecule has 0 radical (unpaired) electrons. The number of carbonyl (C=O) groups is 2. The fraction of sp³-hybridized carbons (Fsp3) is 0.321. The number of anilines is 1. The Kier molecular flexibility index (Phi) is 7.56. The van der Waals surface area contributed by atoms with Gasteiger partial charge in [-0.15, -0.1) is 0 Å². The maximum Gasteiger partial charge on any atom is 0.294 e. The van der Waals surface area contributed by atoms with Crippen LogP contribution in [0.4, 0.5) is 5.69 Å². The van der Waals surface area contributed by atoms with Gasteiger partial charge in [0.05, 0.1) is 12.2 Å². The standard InChI is InChI=1S/C28H30N2O5S/c1-28(2,3)16-22(31)23-24(21-6-5-12-29-26(21)35-14-13-34-4)30(27(33)25(23)32)20-9-7-18(8-10-20)19-11-15-36-17-19/h5-12,15,17,24,32H,13-14,16H2,1-4H3. The number of thiophene rings is 1. The summed E-state index contributed by atoms with van der Waals surface area (Å²) in [6, 6.07) is 12.1. The van der Waals surface area contributed by atoms with Gasteiger partial charge in [0.15, 0.2) is 11.5 Å². The number of ketones is 1. The van der Waals surface area contributed by atoms with E-state index in [1.807, 2.05) is 56.5 Å². The van der Waals surface area contributed by atoms with E-state index in [4.69, 9.17) is 9.47 Å². The number of nitrogens with zero attached hydrogens (tertiary/aromatic N) is 2. The molecule has 0 aliphatic carbocycles. The first-order valence-electron chi connectivity index (χ1n) is 11.7. The van der Waals surface area contributed by atoms with Crippen LogP contribution in [-0.4, -0.2) is 42.1 Å². The van der Waals surface area contributed by atoms with Crippen LogP contribution < -0.4 is 9.64 Å². The maximum atomic E-state index is 13.5. The van der Waals surface area contributed by atoms with Gasteiger partial charge in [0.2, 0.25) is 5.88 Å². The van der Waals surface area contributed by atoms with E-state index in [1.165, 1.54) is 4.90 Å². The quantitative estimate of drug-likeness (QED) is 0.372. The van der Waals surface area contributed by atoms with Gasteiger partial charge in [-0.1, -0.05) is 32.9 Å². The molecule has 0 fully saturated rings. The molecule has 1 unspecified atom stereocenters. The minimum atomic E-state index is -0.884. The van der Waals surface area contributed by atoms with E-state index in [-0.39, 0.29) is 35.7 Å². The highest BCUT2D eigenvalue weighted by Gasteiger charge is 2.46. The lowest BCUT2D eigenvalue weighted by Crippen LogP contribution is -2.32. The van der Waals surface area contributed by atoms with Crippen LogP contribution in [0, 0.1) is 5.41 Å². The Labute approximate surface area is 215 Å². The summed E-state index contributed by atoms with van der Waals surface area (Å²) < 4.78 is 10.9. The number of amides is 1. The van der Waals surface area contributed by atoms with Crippen LogP contribution in [0.2, 0.25) is 0 Å². The SMILES string of the molecule is COCCOc1ncccc1C1C(C(=O)CC(C)(C)C)=C(O)C(=O)N1c1ccc(-c2ccsc2)cc1. The zero-order valence-electron chi connectivity index (χ0n) is 20.9. The Morgan fingerprint density at radius 1 is 1.11 bits per heavy atom. The minimum Gasteiger partial charge on any atom is -0.503 e. The fourth-order valence-corrected chi connectivity index (χ4v) is 4.89. The second kappa shape index (κ2) is 10.6. The molecule has 2 aromatic heterocycles. The van der Waals surface area contributed by atoms with E-state index in [9.17, 15) is 14.7 Å². The van der Waals surface area contributed by atoms with Crippen molar-refractivity contribution < 1.29 is 24.2 Å². The summed E-state index contributed by atoms with van der Waals surface area (Å²) >= 11 is 1.61. The predicted molar refractivity (Wildman–Crippen MR) is 140 cm³/mol. The third-order valence-electron chi connectivity index (χ3n) is 5.82. The number of benzene rings is 1. The topological polar surface area (TPSA) is 89.0 Å². The third-order valence-corrected chi connectivity index (χ3v) is 6.50. The molecular weight excluding hydrogens is 476 g/mol. The zero-order chi connectivity index (χ0) is 25.9. The van der Waals surface area contributed by atoms with Crippen molar-refractivity contribution in [2.75, 3.05) is 25.2 Å². The van der Waals surface area contributed by atoms with Crippen LogP contribution in [0.5, 0.6) is 5.88 Å². The van der Waals surface area contributed by atoms with Crippen molar-refractivity contribution >= 4 is 28.7 Å². The number of rotatable bonds is 9. The second-order valence-corrected chi connectivity index (χ2v) is 10.6. The predicted octanol–water partition coefficient (Wildman–Crippen LogP) is 5.74. The Hall–Kier alpha value is -3.49.